The third kappa shape index (κ3) is 4.66. The molecule has 0 aliphatic carbocycles. The first-order valence-electron chi connectivity index (χ1n) is 6.83. The van der Waals surface area contributed by atoms with Gasteiger partial charge in [-0.05, 0) is 19.0 Å². The monoisotopic (exact) mass is 312 g/mol. The second kappa shape index (κ2) is 7.34. The van der Waals surface area contributed by atoms with E-state index in [2.05, 4.69) is 25.3 Å². The first-order valence-corrected chi connectivity index (χ1v) is 8.32. The fraction of sp³-hybridized carbons (Fsp3) is 0.500. The minimum absolute atomic E-state index is 0.260. The molecule has 0 spiro atoms. The number of rotatable bonds is 9. The Bertz CT molecular complexity index is 635. The molecule has 2 heterocycles. The van der Waals surface area contributed by atoms with Crippen LogP contribution in [0.2, 0.25) is 0 Å². The lowest BCUT2D eigenvalue weighted by Gasteiger charge is -2.04. The lowest BCUT2D eigenvalue weighted by atomic mass is 10.4. The fourth-order valence-electron chi connectivity index (χ4n) is 1.82. The van der Waals surface area contributed by atoms with Crippen molar-refractivity contribution in [1.82, 2.24) is 30.0 Å². The number of hydrogen-bond acceptors (Lipinski definition) is 5. The van der Waals surface area contributed by atoms with Crippen LogP contribution in [0.1, 0.15) is 19.0 Å². The molecule has 21 heavy (non-hydrogen) atoms. The maximum atomic E-state index is 12.1. The van der Waals surface area contributed by atoms with Crippen LogP contribution in [-0.4, -0.2) is 41.5 Å². The van der Waals surface area contributed by atoms with Crippen molar-refractivity contribution < 1.29 is 8.42 Å². The van der Waals surface area contributed by atoms with Gasteiger partial charge in [0, 0.05) is 37.7 Å². The summed E-state index contributed by atoms with van der Waals surface area (Å²) < 4.78 is 28.4. The van der Waals surface area contributed by atoms with Crippen LogP contribution in [0.25, 0.3) is 0 Å². The predicted molar refractivity (Wildman–Crippen MR) is 78.0 cm³/mol. The number of hydrogen-bond donors (Lipinski definition) is 3. The van der Waals surface area contributed by atoms with Gasteiger partial charge in [0.25, 0.3) is 0 Å². The molecule has 0 unspecified atom stereocenters. The molecule has 0 saturated heterocycles. The van der Waals surface area contributed by atoms with E-state index in [1.807, 2.05) is 6.92 Å². The summed E-state index contributed by atoms with van der Waals surface area (Å²) in [6, 6.07) is 1.64. The van der Waals surface area contributed by atoms with Crippen molar-refractivity contribution in [3.8, 4) is 0 Å². The van der Waals surface area contributed by atoms with Crippen molar-refractivity contribution in [2.75, 3.05) is 13.1 Å². The minimum Gasteiger partial charge on any atom is -0.363 e. The molecule has 0 saturated carbocycles. The summed E-state index contributed by atoms with van der Waals surface area (Å²) in [4.78, 5) is 3.22. The Morgan fingerprint density at radius 2 is 2.29 bits per heavy atom. The third-order valence-electron chi connectivity index (χ3n) is 2.92. The number of aromatic nitrogens is 4. The van der Waals surface area contributed by atoms with Gasteiger partial charge in [0.1, 0.15) is 0 Å². The van der Waals surface area contributed by atoms with Crippen LogP contribution < -0.4 is 10.0 Å². The predicted octanol–water partition coefficient (Wildman–Crippen LogP) is 0.0843. The van der Waals surface area contributed by atoms with Crippen molar-refractivity contribution >= 4 is 10.0 Å². The molecule has 0 aromatic carbocycles. The summed E-state index contributed by atoms with van der Waals surface area (Å²) in [6.45, 7) is 4.44. The number of H-pyrrole nitrogens is 1. The zero-order valence-corrected chi connectivity index (χ0v) is 12.7. The summed E-state index contributed by atoms with van der Waals surface area (Å²) in [7, 11) is -3.46. The number of nitrogens with zero attached hydrogens (tertiary/aromatic N) is 3. The summed E-state index contributed by atoms with van der Waals surface area (Å²) in [5, 5.41) is 10.6. The van der Waals surface area contributed by atoms with E-state index in [-0.39, 0.29) is 4.90 Å². The number of sulfonamides is 1. The molecule has 2 rings (SSSR count). The maximum Gasteiger partial charge on any atom is 0.242 e. The van der Waals surface area contributed by atoms with Crippen molar-refractivity contribution in [1.29, 1.82) is 0 Å². The van der Waals surface area contributed by atoms with Crippen molar-refractivity contribution in [3.63, 3.8) is 0 Å². The zero-order valence-electron chi connectivity index (χ0n) is 11.9. The molecule has 0 bridgehead atoms. The molecule has 2 aromatic heterocycles. The Hall–Kier alpha value is -1.71. The third-order valence-corrected chi connectivity index (χ3v) is 4.36. The largest absolute Gasteiger partial charge is 0.363 e. The van der Waals surface area contributed by atoms with E-state index in [9.17, 15) is 8.42 Å². The second-order valence-corrected chi connectivity index (χ2v) is 6.33. The van der Waals surface area contributed by atoms with Gasteiger partial charge in [-0.25, -0.2) is 13.1 Å². The second-order valence-electron chi connectivity index (χ2n) is 4.56. The van der Waals surface area contributed by atoms with Crippen LogP contribution in [0, 0.1) is 0 Å². The highest BCUT2D eigenvalue weighted by atomic mass is 32.2. The molecule has 0 atom stereocenters. The van der Waals surface area contributed by atoms with Gasteiger partial charge in [-0.3, -0.25) is 4.68 Å². The van der Waals surface area contributed by atoms with Crippen LogP contribution in [0.15, 0.2) is 29.6 Å². The molecule has 2 aromatic rings. The Morgan fingerprint density at radius 1 is 1.43 bits per heavy atom. The van der Waals surface area contributed by atoms with Crippen LogP contribution in [0.4, 0.5) is 0 Å². The van der Waals surface area contributed by atoms with Gasteiger partial charge in [0.2, 0.25) is 10.0 Å². The molecular weight excluding hydrogens is 292 g/mol. The Labute approximate surface area is 124 Å². The first kappa shape index (κ1) is 15.7. The highest BCUT2D eigenvalue weighted by Crippen LogP contribution is 2.10. The van der Waals surface area contributed by atoms with Crippen molar-refractivity contribution in [3.05, 3.63) is 30.4 Å². The first-order chi connectivity index (χ1) is 10.1. The highest BCUT2D eigenvalue weighted by molar-refractivity contribution is 7.89. The fourth-order valence-corrected chi connectivity index (χ4v) is 2.91. The van der Waals surface area contributed by atoms with E-state index in [1.54, 1.807) is 23.1 Å². The smallest absolute Gasteiger partial charge is 0.242 e. The van der Waals surface area contributed by atoms with E-state index >= 15 is 0 Å². The summed E-state index contributed by atoms with van der Waals surface area (Å²) >= 11 is 0. The van der Waals surface area contributed by atoms with Gasteiger partial charge in [-0.2, -0.15) is 0 Å². The Kier molecular flexibility index (Phi) is 5.48. The van der Waals surface area contributed by atoms with Crippen LogP contribution >= 0.6 is 0 Å². The minimum atomic E-state index is -3.46. The van der Waals surface area contributed by atoms with Crippen molar-refractivity contribution in [2.24, 2.45) is 0 Å². The van der Waals surface area contributed by atoms with Gasteiger partial charge >= 0.3 is 0 Å². The molecule has 0 fully saturated rings. The van der Waals surface area contributed by atoms with Crippen molar-refractivity contribution in [2.45, 2.75) is 31.3 Å². The SMILES string of the molecule is CCNCc1cc(S(=O)(=O)NCCCn2ccnn2)c[nH]1. The molecule has 0 amide bonds. The zero-order chi connectivity index (χ0) is 15.1. The van der Waals surface area contributed by atoms with Gasteiger partial charge in [0.15, 0.2) is 0 Å². The molecular formula is C12H20N6O2S. The summed E-state index contributed by atoms with van der Waals surface area (Å²) in [6.07, 6.45) is 5.49. The van der Waals surface area contributed by atoms with Crippen LogP contribution in [0.5, 0.6) is 0 Å². The number of aromatic amines is 1. The number of aryl methyl sites for hydroxylation is 1. The lowest BCUT2D eigenvalue weighted by molar-refractivity contribution is 0.542. The summed E-state index contributed by atoms with van der Waals surface area (Å²) in [5.74, 6) is 0. The molecule has 0 radical (unpaired) electrons. The molecule has 116 valence electrons. The van der Waals surface area contributed by atoms with Crippen LogP contribution in [0.3, 0.4) is 0 Å². The average Bonchev–Trinajstić information content (AvgIpc) is 3.13. The quantitative estimate of drug-likeness (QED) is 0.569. The normalized spacial score (nSPS) is 11.9. The molecule has 3 N–H and O–H groups in total. The van der Waals surface area contributed by atoms with Gasteiger partial charge in [-0.15, -0.1) is 5.10 Å². The highest BCUT2D eigenvalue weighted by Gasteiger charge is 2.15. The van der Waals surface area contributed by atoms with Crippen LogP contribution in [-0.2, 0) is 23.1 Å². The van der Waals surface area contributed by atoms with E-state index in [0.29, 0.717) is 26.1 Å². The Balaban J connectivity index is 1.82. The van der Waals surface area contributed by atoms with Gasteiger partial charge in [-0.1, -0.05) is 12.1 Å². The van der Waals surface area contributed by atoms with E-state index in [4.69, 9.17) is 0 Å². The maximum absolute atomic E-state index is 12.1. The molecule has 0 aliphatic rings. The Morgan fingerprint density at radius 3 is 3.00 bits per heavy atom. The lowest BCUT2D eigenvalue weighted by Crippen LogP contribution is -2.25. The molecule has 0 aliphatic heterocycles. The topological polar surface area (TPSA) is 105 Å². The van der Waals surface area contributed by atoms with E-state index in [1.165, 1.54) is 6.20 Å². The van der Waals surface area contributed by atoms with Gasteiger partial charge in [0.05, 0.1) is 11.1 Å². The summed E-state index contributed by atoms with van der Waals surface area (Å²) in [5.41, 5.74) is 0.847. The van der Waals surface area contributed by atoms with E-state index < -0.39 is 10.0 Å². The standard InChI is InChI=1S/C12H20N6O2S/c1-2-13-9-11-8-12(10-14-11)21(19,20)16-4-3-6-18-7-5-15-17-18/h5,7-8,10,13-14,16H,2-4,6,9H2,1H3. The number of nitrogens with one attached hydrogen (secondary N) is 3. The van der Waals surface area contributed by atoms with E-state index in [0.717, 1.165) is 12.2 Å². The molecule has 9 heteroatoms. The van der Waals surface area contributed by atoms with Gasteiger partial charge < -0.3 is 10.3 Å². The average molecular weight is 312 g/mol. The molecule has 8 nitrogen and oxygen atoms in total.